The van der Waals surface area contributed by atoms with Crippen LogP contribution in [-0.4, -0.2) is 6.61 Å². The second-order valence-electron chi connectivity index (χ2n) is 5.99. The highest BCUT2D eigenvalue weighted by molar-refractivity contribution is 9.09. The van der Waals surface area contributed by atoms with Gasteiger partial charge in [-0.15, -0.1) is 11.3 Å². The fourth-order valence-corrected chi connectivity index (χ4v) is 5.30. The number of benzene rings is 1. The number of ether oxygens (including phenoxy) is 1. The number of fused-ring (bicyclic) bond motifs is 2. The van der Waals surface area contributed by atoms with Crippen LogP contribution in [0.4, 0.5) is 0 Å². The van der Waals surface area contributed by atoms with Gasteiger partial charge in [0.15, 0.2) is 0 Å². The van der Waals surface area contributed by atoms with Gasteiger partial charge in [-0.2, -0.15) is 0 Å². The summed E-state index contributed by atoms with van der Waals surface area (Å²) in [5.74, 6) is 1.07. The Morgan fingerprint density at radius 3 is 2.86 bits per heavy atom. The Bertz CT molecular complexity index is 638. The Hall–Kier alpha value is -0.800. The van der Waals surface area contributed by atoms with Gasteiger partial charge in [-0.05, 0) is 54.5 Å². The quantitative estimate of drug-likeness (QED) is 0.510. The van der Waals surface area contributed by atoms with E-state index in [1.54, 1.807) is 10.4 Å². The molecule has 21 heavy (non-hydrogen) atoms. The van der Waals surface area contributed by atoms with E-state index in [9.17, 15) is 0 Å². The van der Waals surface area contributed by atoms with Gasteiger partial charge in [-0.1, -0.05) is 34.5 Å². The molecule has 0 N–H and O–H groups in total. The average Bonchev–Trinajstić information content (AvgIpc) is 3.08. The van der Waals surface area contributed by atoms with Crippen molar-refractivity contribution in [2.24, 2.45) is 0 Å². The van der Waals surface area contributed by atoms with Crippen LogP contribution in [0.15, 0.2) is 24.3 Å². The number of hydrogen-bond donors (Lipinski definition) is 0. The SMILES string of the molecule is BrC(c1ccc2c(c1)CCO2)c1cc2c(s1)CCCCC2. The minimum atomic E-state index is 0.320. The largest absolute Gasteiger partial charge is 0.493 e. The van der Waals surface area contributed by atoms with E-state index in [2.05, 4.69) is 40.2 Å². The predicted molar refractivity (Wildman–Crippen MR) is 92.0 cm³/mol. The van der Waals surface area contributed by atoms with E-state index >= 15 is 0 Å². The molecule has 1 aromatic heterocycles. The lowest BCUT2D eigenvalue weighted by Gasteiger charge is -2.10. The summed E-state index contributed by atoms with van der Waals surface area (Å²) in [6.45, 7) is 0.832. The molecule has 2 aromatic rings. The summed E-state index contributed by atoms with van der Waals surface area (Å²) in [5, 5.41) is 0. The smallest absolute Gasteiger partial charge is 0.122 e. The lowest BCUT2D eigenvalue weighted by atomic mass is 10.0. The van der Waals surface area contributed by atoms with Crippen molar-refractivity contribution < 1.29 is 4.74 Å². The van der Waals surface area contributed by atoms with E-state index in [-0.39, 0.29) is 0 Å². The molecule has 4 rings (SSSR count). The van der Waals surface area contributed by atoms with Gasteiger partial charge in [-0.3, -0.25) is 0 Å². The number of hydrogen-bond acceptors (Lipinski definition) is 2. The monoisotopic (exact) mass is 362 g/mol. The summed E-state index contributed by atoms with van der Waals surface area (Å²) in [6.07, 6.45) is 7.69. The molecule has 1 aliphatic heterocycles. The summed E-state index contributed by atoms with van der Waals surface area (Å²) in [7, 11) is 0. The summed E-state index contributed by atoms with van der Waals surface area (Å²) in [5.41, 5.74) is 4.31. The van der Waals surface area contributed by atoms with Crippen molar-refractivity contribution in [3.8, 4) is 5.75 Å². The van der Waals surface area contributed by atoms with Crippen molar-refractivity contribution in [1.29, 1.82) is 0 Å². The highest BCUT2D eigenvalue weighted by Gasteiger charge is 2.20. The summed E-state index contributed by atoms with van der Waals surface area (Å²) in [4.78, 5) is 3.40. The minimum Gasteiger partial charge on any atom is -0.493 e. The maximum Gasteiger partial charge on any atom is 0.122 e. The van der Waals surface area contributed by atoms with Crippen LogP contribution in [0.2, 0.25) is 0 Å². The molecule has 2 aliphatic rings. The number of halogens is 1. The molecule has 110 valence electrons. The topological polar surface area (TPSA) is 9.23 Å². The molecule has 1 nitrogen and oxygen atoms in total. The summed E-state index contributed by atoms with van der Waals surface area (Å²) < 4.78 is 5.61. The van der Waals surface area contributed by atoms with Crippen LogP contribution in [0.25, 0.3) is 0 Å². The van der Waals surface area contributed by atoms with Gasteiger partial charge in [0.2, 0.25) is 0 Å². The highest BCUT2D eigenvalue weighted by atomic mass is 79.9. The molecule has 0 radical (unpaired) electrons. The standard InChI is InChI=1S/C18H19BrOS/c19-18(14-6-7-15-12(10-14)8-9-20-15)17-11-13-4-2-1-3-5-16(13)21-17/h6-7,10-11,18H,1-5,8-9H2. The third-order valence-electron chi connectivity index (χ3n) is 4.52. The van der Waals surface area contributed by atoms with E-state index in [1.165, 1.54) is 48.1 Å². The van der Waals surface area contributed by atoms with Crippen LogP contribution in [0, 0.1) is 0 Å². The molecule has 1 atom stereocenters. The summed E-state index contributed by atoms with van der Waals surface area (Å²) in [6, 6.07) is 9.08. The first kappa shape index (κ1) is 13.8. The number of alkyl halides is 1. The van der Waals surface area contributed by atoms with Gasteiger partial charge >= 0.3 is 0 Å². The van der Waals surface area contributed by atoms with Crippen LogP contribution in [0.3, 0.4) is 0 Å². The Kier molecular flexibility index (Phi) is 3.80. The lowest BCUT2D eigenvalue weighted by molar-refractivity contribution is 0.357. The molecule has 3 heteroatoms. The molecular formula is C18H19BrOS. The molecular weight excluding hydrogens is 344 g/mol. The molecule has 0 saturated heterocycles. The fourth-order valence-electron chi connectivity index (χ4n) is 3.34. The predicted octanol–water partition coefficient (Wildman–Crippen LogP) is 5.44. The molecule has 0 fully saturated rings. The highest BCUT2D eigenvalue weighted by Crippen LogP contribution is 2.40. The van der Waals surface area contributed by atoms with Crippen LogP contribution in [0.5, 0.6) is 5.75 Å². The average molecular weight is 363 g/mol. The van der Waals surface area contributed by atoms with E-state index in [0.29, 0.717) is 4.83 Å². The Labute approximate surface area is 138 Å². The maximum atomic E-state index is 5.61. The second kappa shape index (κ2) is 5.77. The zero-order valence-corrected chi connectivity index (χ0v) is 14.4. The Morgan fingerprint density at radius 2 is 1.90 bits per heavy atom. The van der Waals surface area contributed by atoms with Crippen molar-refractivity contribution in [3.05, 3.63) is 50.7 Å². The van der Waals surface area contributed by atoms with Crippen molar-refractivity contribution in [2.75, 3.05) is 6.61 Å². The molecule has 1 unspecified atom stereocenters. The van der Waals surface area contributed by atoms with E-state index in [1.807, 2.05) is 11.3 Å². The lowest BCUT2D eigenvalue weighted by Crippen LogP contribution is -1.91. The zero-order valence-electron chi connectivity index (χ0n) is 12.0. The van der Waals surface area contributed by atoms with Crippen LogP contribution in [-0.2, 0) is 19.3 Å². The van der Waals surface area contributed by atoms with Crippen molar-refractivity contribution in [3.63, 3.8) is 0 Å². The van der Waals surface area contributed by atoms with Crippen LogP contribution < -0.4 is 4.74 Å². The van der Waals surface area contributed by atoms with Gasteiger partial charge < -0.3 is 4.74 Å². The molecule has 0 saturated carbocycles. The van der Waals surface area contributed by atoms with Gasteiger partial charge in [0.05, 0.1) is 11.4 Å². The van der Waals surface area contributed by atoms with Gasteiger partial charge in [0, 0.05) is 16.2 Å². The third kappa shape index (κ3) is 2.66. The zero-order chi connectivity index (χ0) is 14.2. The number of aryl methyl sites for hydroxylation is 2. The molecule has 2 heterocycles. The van der Waals surface area contributed by atoms with E-state index < -0.39 is 0 Å². The molecule has 1 aliphatic carbocycles. The second-order valence-corrected chi connectivity index (χ2v) is 8.07. The van der Waals surface area contributed by atoms with Gasteiger partial charge in [-0.25, -0.2) is 0 Å². The molecule has 0 bridgehead atoms. The van der Waals surface area contributed by atoms with Crippen LogP contribution >= 0.6 is 27.3 Å². The van der Waals surface area contributed by atoms with Gasteiger partial charge in [0.1, 0.15) is 5.75 Å². The fraction of sp³-hybridized carbons (Fsp3) is 0.444. The number of rotatable bonds is 2. The van der Waals surface area contributed by atoms with Crippen molar-refractivity contribution in [2.45, 2.75) is 43.4 Å². The first-order valence-corrected chi connectivity index (χ1v) is 9.55. The first-order valence-electron chi connectivity index (χ1n) is 7.82. The number of thiophene rings is 1. The molecule has 1 aromatic carbocycles. The normalized spacial score (nSPS) is 18.5. The van der Waals surface area contributed by atoms with E-state index in [0.717, 1.165) is 18.8 Å². The third-order valence-corrected chi connectivity index (χ3v) is 7.15. The van der Waals surface area contributed by atoms with Crippen LogP contribution in [0.1, 0.15) is 50.5 Å². The molecule has 0 amide bonds. The first-order chi connectivity index (χ1) is 10.3. The van der Waals surface area contributed by atoms with Crippen molar-refractivity contribution in [1.82, 2.24) is 0 Å². The Balaban J connectivity index is 1.64. The maximum absolute atomic E-state index is 5.61. The summed E-state index contributed by atoms with van der Waals surface area (Å²) >= 11 is 5.92. The van der Waals surface area contributed by atoms with Crippen molar-refractivity contribution >= 4 is 27.3 Å². The Morgan fingerprint density at radius 1 is 1.00 bits per heavy atom. The minimum absolute atomic E-state index is 0.320. The van der Waals surface area contributed by atoms with Gasteiger partial charge in [0.25, 0.3) is 0 Å². The molecule has 0 spiro atoms. The van der Waals surface area contributed by atoms with E-state index in [4.69, 9.17) is 4.74 Å².